The highest BCUT2D eigenvalue weighted by molar-refractivity contribution is 5.98. The van der Waals surface area contributed by atoms with Crippen LogP contribution in [0.3, 0.4) is 0 Å². The highest BCUT2D eigenvalue weighted by atomic mass is 16.4. The first-order chi connectivity index (χ1) is 26.7. The van der Waals surface area contributed by atoms with Gasteiger partial charge in [0, 0.05) is 29.9 Å². The average Bonchev–Trinajstić information content (AvgIpc) is 3.52. The number of carbonyl (C=O) groups excluding carboxylic acids is 6. The minimum Gasteiger partial charge on any atom is -0.481 e. The van der Waals surface area contributed by atoms with Gasteiger partial charge in [-0.3, -0.25) is 47.9 Å². The van der Waals surface area contributed by atoms with Crippen molar-refractivity contribution >= 4 is 76.2 Å². The summed E-state index contributed by atoms with van der Waals surface area (Å²) in [7, 11) is 0. The van der Waals surface area contributed by atoms with E-state index in [1.54, 1.807) is 35.8 Å². The van der Waals surface area contributed by atoms with Crippen LogP contribution in [0.15, 0.2) is 30.5 Å². The zero-order valence-electron chi connectivity index (χ0n) is 30.1. The Bertz CT molecular complexity index is 1880. The number of amides is 6. The molecule has 2 rings (SSSR count). The molecule has 6 atom stereocenters. The second-order valence-electron chi connectivity index (χ2n) is 12.5. The molecule has 0 unspecified atom stereocenters. The number of nitrogens with one attached hydrogen (secondary N) is 7. The van der Waals surface area contributed by atoms with Crippen LogP contribution >= 0.6 is 0 Å². The van der Waals surface area contributed by atoms with Gasteiger partial charge in [0.2, 0.25) is 35.4 Å². The molecule has 57 heavy (non-hydrogen) atoms. The van der Waals surface area contributed by atoms with Crippen molar-refractivity contribution in [3.05, 3.63) is 36.0 Å². The van der Waals surface area contributed by atoms with E-state index < -0.39 is 140 Å². The van der Waals surface area contributed by atoms with Crippen molar-refractivity contribution in [3.63, 3.8) is 0 Å². The third-order valence-electron chi connectivity index (χ3n) is 7.88. The first kappa shape index (κ1) is 46.0. The van der Waals surface area contributed by atoms with Gasteiger partial charge in [0.25, 0.3) is 0 Å². The third kappa shape index (κ3) is 15.6. The SMILES string of the molecule is C[C@H](N)C(=O)N[C@@H](Cc1c[nH]c2ccccc12)C(=O)N[C@@H](CCC(=O)O)C(=O)NCC(=O)N[C@@H](CC(=O)O)C(=O)N[C@@H](CC(=O)O)C(=O)N[C@@H](CC(=O)O)C(=O)O. The minimum atomic E-state index is -2.09. The lowest BCUT2D eigenvalue weighted by Crippen LogP contribution is -2.58. The maximum Gasteiger partial charge on any atom is 0.326 e. The molecule has 0 bridgehead atoms. The van der Waals surface area contributed by atoms with Crippen LogP contribution in [0.4, 0.5) is 0 Å². The van der Waals surface area contributed by atoms with Gasteiger partial charge in [0.1, 0.15) is 30.2 Å². The second-order valence-corrected chi connectivity index (χ2v) is 12.5. The summed E-state index contributed by atoms with van der Waals surface area (Å²) >= 11 is 0. The van der Waals surface area contributed by atoms with Crippen LogP contribution < -0.4 is 37.6 Å². The average molecular weight is 807 g/mol. The second kappa shape index (κ2) is 21.7. The normalized spacial score (nSPS) is 13.9. The highest BCUT2D eigenvalue weighted by Crippen LogP contribution is 2.19. The quantitative estimate of drug-likeness (QED) is 0.0480. The number of fused-ring (bicyclic) bond motifs is 1. The molecule has 0 saturated carbocycles. The number of carbonyl (C=O) groups is 11. The Morgan fingerprint density at radius 3 is 1.65 bits per heavy atom. The Morgan fingerprint density at radius 2 is 1.11 bits per heavy atom. The Balaban J connectivity index is 2.21. The molecular formula is C33H42N8O16. The van der Waals surface area contributed by atoms with Crippen LogP contribution in [-0.2, 0) is 59.2 Å². The topological polar surface area (TPSA) is 403 Å². The smallest absolute Gasteiger partial charge is 0.326 e. The first-order valence-corrected chi connectivity index (χ1v) is 16.9. The summed E-state index contributed by atoms with van der Waals surface area (Å²) in [6.45, 7) is 0.359. The molecule has 0 radical (unpaired) electrons. The molecule has 0 fully saturated rings. The van der Waals surface area contributed by atoms with E-state index in [0.29, 0.717) is 5.56 Å². The van der Waals surface area contributed by atoms with Crippen LogP contribution in [-0.4, -0.2) is 139 Å². The number of hydrogen-bond donors (Lipinski definition) is 13. The van der Waals surface area contributed by atoms with E-state index in [1.165, 1.54) is 6.92 Å². The van der Waals surface area contributed by atoms with Crippen molar-refractivity contribution in [1.29, 1.82) is 0 Å². The number of para-hydroxylation sites is 1. The maximum atomic E-state index is 13.5. The molecule has 0 saturated heterocycles. The molecule has 0 aliphatic carbocycles. The molecule has 24 nitrogen and oxygen atoms in total. The monoisotopic (exact) mass is 806 g/mol. The van der Waals surface area contributed by atoms with Gasteiger partial charge < -0.3 is 68.2 Å². The van der Waals surface area contributed by atoms with Crippen molar-refractivity contribution in [2.75, 3.05) is 6.54 Å². The van der Waals surface area contributed by atoms with E-state index in [-0.39, 0.29) is 6.42 Å². The lowest BCUT2D eigenvalue weighted by Gasteiger charge is -2.24. The molecule has 1 aromatic carbocycles. The Labute approximate surface area is 321 Å². The summed E-state index contributed by atoms with van der Waals surface area (Å²) in [5.74, 6) is -15.1. The van der Waals surface area contributed by atoms with E-state index in [0.717, 1.165) is 10.9 Å². The highest BCUT2D eigenvalue weighted by Gasteiger charge is 2.33. The molecule has 1 heterocycles. The number of carboxylic acid groups (broad SMARTS) is 5. The van der Waals surface area contributed by atoms with Crippen LogP contribution in [0.25, 0.3) is 10.9 Å². The summed E-state index contributed by atoms with van der Waals surface area (Å²) in [5.41, 5.74) is 6.98. The number of carboxylic acids is 5. The number of aromatic nitrogens is 1. The van der Waals surface area contributed by atoms with Gasteiger partial charge in [-0.25, -0.2) is 4.79 Å². The number of nitrogens with two attached hydrogens (primary N) is 1. The summed E-state index contributed by atoms with van der Waals surface area (Å²) in [6, 6.07) is -3.14. The lowest BCUT2D eigenvalue weighted by molar-refractivity contribution is -0.148. The van der Waals surface area contributed by atoms with E-state index in [4.69, 9.17) is 10.8 Å². The number of rotatable bonds is 24. The Morgan fingerprint density at radius 1 is 0.614 bits per heavy atom. The van der Waals surface area contributed by atoms with E-state index in [2.05, 4.69) is 20.9 Å². The molecule has 24 heteroatoms. The zero-order valence-corrected chi connectivity index (χ0v) is 30.1. The molecule has 1 aromatic heterocycles. The molecule has 0 aliphatic heterocycles. The van der Waals surface area contributed by atoms with Gasteiger partial charge in [-0.05, 0) is 25.0 Å². The molecule has 14 N–H and O–H groups in total. The Hall–Kier alpha value is -7.11. The van der Waals surface area contributed by atoms with Crippen molar-refractivity contribution in [3.8, 4) is 0 Å². The zero-order chi connectivity index (χ0) is 43.0. The van der Waals surface area contributed by atoms with Crippen molar-refractivity contribution in [1.82, 2.24) is 36.9 Å². The number of aromatic amines is 1. The number of H-pyrrole nitrogens is 1. The molecule has 0 aliphatic rings. The largest absolute Gasteiger partial charge is 0.481 e. The summed E-state index contributed by atoms with van der Waals surface area (Å²) in [4.78, 5) is 137. The summed E-state index contributed by atoms with van der Waals surface area (Å²) < 4.78 is 0. The summed E-state index contributed by atoms with van der Waals surface area (Å²) in [6.07, 6.45) is -3.15. The molecule has 0 spiro atoms. The Kier molecular flexibility index (Phi) is 17.5. The van der Waals surface area contributed by atoms with Gasteiger partial charge >= 0.3 is 29.8 Å². The number of aliphatic carboxylic acids is 5. The number of hydrogen-bond acceptors (Lipinski definition) is 12. The van der Waals surface area contributed by atoms with Crippen LogP contribution in [0, 0.1) is 0 Å². The number of benzene rings is 1. The maximum absolute atomic E-state index is 13.5. The van der Waals surface area contributed by atoms with Crippen molar-refractivity contribution < 1.29 is 78.3 Å². The molecule has 6 amide bonds. The van der Waals surface area contributed by atoms with E-state index in [9.17, 15) is 73.2 Å². The fraction of sp³-hybridized carbons (Fsp3) is 0.424. The van der Waals surface area contributed by atoms with E-state index in [1.807, 2.05) is 10.6 Å². The standard InChI is InChI=1S/C33H42N8O16/c1-14(34)28(51)39-19(8-15-12-35-17-5-3-2-4-16(15)17)30(53)38-18(6-7-24(43)44)29(52)36-13-23(42)37-20(9-25(45)46)31(54)40-21(10-26(47)48)32(55)41-22(33(56)57)11-27(49)50/h2-5,12,14,18-22,35H,6-11,13,34H2,1H3,(H,36,52)(H,37,42)(H,38,53)(H,39,51)(H,40,54)(H,41,55)(H,43,44)(H,45,46)(H,47,48)(H,49,50)(H,56,57)/t14-,18-,19-,20-,21-,22-/m0/s1. The van der Waals surface area contributed by atoms with Gasteiger partial charge in [-0.15, -0.1) is 0 Å². The molecule has 310 valence electrons. The van der Waals surface area contributed by atoms with E-state index >= 15 is 0 Å². The lowest BCUT2D eigenvalue weighted by atomic mass is 10.0. The molecular weight excluding hydrogens is 764 g/mol. The minimum absolute atomic E-state index is 0.103. The predicted octanol–water partition coefficient (Wildman–Crippen LogP) is -4.03. The van der Waals surface area contributed by atoms with Crippen LogP contribution in [0.2, 0.25) is 0 Å². The summed E-state index contributed by atoms with van der Waals surface area (Å²) in [5, 5.41) is 59.1. The van der Waals surface area contributed by atoms with Gasteiger partial charge in [0.05, 0.1) is 31.8 Å². The van der Waals surface area contributed by atoms with Crippen molar-refractivity contribution in [2.45, 2.75) is 81.7 Å². The van der Waals surface area contributed by atoms with Gasteiger partial charge in [-0.2, -0.15) is 0 Å². The van der Waals surface area contributed by atoms with Crippen LogP contribution in [0.5, 0.6) is 0 Å². The fourth-order valence-electron chi connectivity index (χ4n) is 5.06. The molecule has 2 aromatic rings. The predicted molar refractivity (Wildman–Crippen MR) is 190 cm³/mol. The third-order valence-corrected chi connectivity index (χ3v) is 7.88. The van der Waals surface area contributed by atoms with Crippen LogP contribution in [0.1, 0.15) is 44.6 Å². The van der Waals surface area contributed by atoms with Gasteiger partial charge in [-0.1, -0.05) is 18.2 Å². The van der Waals surface area contributed by atoms with Crippen molar-refractivity contribution in [2.24, 2.45) is 5.73 Å². The van der Waals surface area contributed by atoms with Gasteiger partial charge in [0.15, 0.2) is 0 Å². The fourth-order valence-corrected chi connectivity index (χ4v) is 5.06. The first-order valence-electron chi connectivity index (χ1n) is 16.9.